The fourth-order valence-corrected chi connectivity index (χ4v) is 2.18. The number of rotatable bonds is 4. The van der Waals surface area contributed by atoms with Crippen LogP contribution in [0, 0.1) is 5.82 Å². The zero-order valence-electron chi connectivity index (χ0n) is 10.8. The number of hydrogen-bond donors (Lipinski definition) is 2. The second-order valence-electron chi connectivity index (χ2n) is 4.67. The van der Waals surface area contributed by atoms with Gasteiger partial charge in [0.15, 0.2) is 0 Å². The third-order valence-electron chi connectivity index (χ3n) is 3.25. The molecule has 0 aromatic heterocycles. The topological polar surface area (TPSA) is 41.1 Å². The van der Waals surface area contributed by atoms with Gasteiger partial charge in [-0.15, -0.1) is 12.4 Å². The van der Waals surface area contributed by atoms with Gasteiger partial charge in [-0.2, -0.15) is 0 Å². The van der Waals surface area contributed by atoms with Crippen molar-refractivity contribution in [1.82, 2.24) is 10.6 Å². The maximum atomic E-state index is 12.7. The Morgan fingerprint density at radius 3 is 2.68 bits per heavy atom. The lowest BCUT2D eigenvalue weighted by molar-refractivity contribution is -0.123. The zero-order valence-corrected chi connectivity index (χ0v) is 11.6. The van der Waals surface area contributed by atoms with Gasteiger partial charge in [-0.1, -0.05) is 18.6 Å². The Morgan fingerprint density at radius 1 is 1.32 bits per heavy atom. The molecule has 0 saturated carbocycles. The van der Waals surface area contributed by atoms with Gasteiger partial charge in [0.1, 0.15) is 5.82 Å². The third-order valence-corrected chi connectivity index (χ3v) is 3.25. The van der Waals surface area contributed by atoms with Crippen LogP contribution in [0.3, 0.4) is 0 Å². The third kappa shape index (κ3) is 5.17. The minimum atomic E-state index is -0.228. The number of nitrogens with one attached hydrogen (secondary N) is 2. The van der Waals surface area contributed by atoms with E-state index in [1.807, 2.05) is 0 Å². The monoisotopic (exact) mass is 286 g/mol. The van der Waals surface area contributed by atoms with E-state index in [-0.39, 0.29) is 30.2 Å². The van der Waals surface area contributed by atoms with Crippen LogP contribution in [-0.4, -0.2) is 25.0 Å². The predicted molar refractivity (Wildman–Crippen MR) is 76.0 cm³/mol. The van der Waals surface area contributed by atoms with Crippen LogP contribution in [-0.2, 0) is 11.2 Å². The largest absolute Gasteiger partial charge is 0.354 e. The fourth-order valence-electron chi connectivity index (χ4n) is 2.18. The molecule has 106 valence electrons. The predicted octanol–water partition coefficient (Wildman–Crippen LogP) is 2.05. The van der Waals surface area contributed by atoms with Gasteiger partial charge in [0, 0.05) is 6.54 Å². The molecule has 0 bridgehead atoms. The molecule has 1 atom stereocenters. The van der Waals surface area contributed by atoms with Gasteiger partial charge in [-0.05, 0) is 43.5 Å². The smallest absolute Gasteiger partial charge is 0.237 e. The van der Waals surface area contributed by atoms with Crippen molar-refractivity contribution in [1.29, 1.82) is 0 Å². The molecule has 19 heavy (non-hydrogen) atoms. The van der Waals surface area contributed by atoms with E-state index in [4.69, 9.17) is 0 Å². The molecule has 1 fully saturated rings. The lowest BCUT2D eigenvalue weighted by Crippen LogP contribution is -2.47. The number of amides is 1. The standard InChI is InChI=1S/C14H19FN2O.ClH/c15-12-6-4-11(5-7-12)8-10-17-14(18)13-3-1-2-9-16-13;/h4-7,13,16H,1-3,8-10H2,(H,17,18);1H/t13-;/m0./s1. The summed E-state index contributed by atoms with van der Waals surface area (Å²) in [6.07, 6.45) is 3.92. The summed E-state index contributed by atoms with van der Waals surface area (Å²) in [6, 6.07) is 6.35. The van der Waals surface area contributed by atoms with Crippen LogP contribution in [0.1, 0.15) is 24.8 Å². The summed E-state index contributed by atoms with van der Waals surface area (Å²) in [5, 5.41) is 6.13. The number of piperidine rings is 1. The zero-order chi connectivity index (χ0) is 12.8. The molecule has 1 aromatic carbocycles. The van der Waals surface area contributed by atoms with Crippen LogP contribution in [0.5, 0.6) is 0 Å². The van der Waals surface area contributed by atoms with Crippen LogP contribution in [0.25, 0.3) is 0 Å². The molecule has 3 nitrogen and oxygen atoms in total. The number of carbonyl (C=O) groups excluding carboxylic acids is 1. The normalized spacial score (nSPS) is 18.5. The molecular weight excluding hydrogens is 267 g/mol. The minimum absolute atomic E-state index is 0. The molecule has 5 heteroatoms. The van der Waals surface area contributed by atoms with Crippen molar-refractivity contribution in [2.24, 2.45) is 0 Å². The first-order valence-corrected chi connectivity index (χ1v) is 6.51. The quantitative estimate of drug-likeness (QED) is 0.889. The Kier molecular flexibility index (Phi) is 6.81. The van der Waals surface area contributed by atoms with E-state index in [1.54, 1.807) is 12.1 Å². The van der Waals surface area contributed by atoms with Crippen molar-refractivity contribution in [3.05, 3.63) is 35.6 Å². The SMILES string of the molecule is Cl.O=C(NCCc1ccc(F)cc1)[C@@H]1CCCCN1. The minimum Gasteiger partial charge on any atom is -0.354 e. The van der Waals surface area contributed by atoms with Gasteiger partial charge in [0.2, 0.25) is 5.91 Å². The summed E-state index contributed by atoms with van der Waals surface area (Å²) in [5.41, 5.74) is 1.04. The highest BCUT2D eigenvalue weighted by Gasteiger charge is 2.19. The van der Waals surface area contributed by atoms with E-state index in [1.165, 1.54) is 12.1 Å². The van der Waals surface area contributed by atoms with E-state index in [2.05, 4.69) is 10.6 Å². The van der Waals surface area contributed by atoms with Crippen LogP contribution < -0.4 is 10.6 Å². The highest BCUT2D eigenvalue weighted by Crippen LogP contribution is 2.07. The van der Waals surface area contributed by atoms with Gasteiger partial charge in [-0.25, -0.2) is 4.39 Å². The summed E-state index contributed by atoms with van der Waals surface area (Å²) in [5.74, 6) is -0.147. The Hall–Kier alpha value is -1.13. The number of halogens is 2. The van der Waals surface area contributed by atoms with Gasteiger partial charge in [0.05, 0.1) is 6.04 Å². The molecule has 1 amide bonds. The lowest BCUT2D eigenvalue weighted by Gasteiger charge is -2.22. The summed E-state index contributed by atoms with van der Waals surface area (Å²) >= 11 is 0. The van der Waals surface area contributed by atoms with Crippen molar-refractivity contribution >= 4 is 18.3 Å². The van der Waals surface area contributed by atoms with E-state index in [9.17, 15) is 9.18 Å². The molecule has 1 saturated heterocycles. The number of carbonyl (C=O) groups is 1. The summed E-state index contributed by atoms with van der Waals surface area (Å²) in [4.78, 5) is 11.8. The van der Waals surface area contributed by atoms with E-state index >= 15 is 0 Å². The number of benzene rings is 1. The Bertz CT molecular complexity index is 391. The molecule has 1 heterocycles. The first kappa shape index (κ1) is 15.9. The Labute approximate surface area is 119 Å². The summed E-state index contributed by atoms with van der Waals surface area (Å²) < 4.78 is 12.7. The maximum absolute atomic E-state index is 12.7. The molecular formula is C14H20ClFN2O. The van der Waals surface area contributed by atoms with Crippen LogP contribution in [0.4, 0.5) is 4.39 Å². The maximum Gasteiger partial charge on any atom is 0.237 e. The molecule has 1 aliphatic heterocycles. The lowest BCUT2D eigenvalue weighted by atomic mass is 10.0. The van der Waals surface area contributed by atoms with Gasteiger partial charge in [0.25, 0.3) is 0 Å². The summed E-state index contributed by atoms with van der Waals surface area (Å²) in [6.45, 7) is 1.53. The first-order chi connectivity index (χ1) is 8.75. The molecule has 1 aromatic rings. The highest BCUT2D eigenvalue weighted by molar-refractivity contribution is 5.85. The van der Waals surface area contributed by atoms with E-state index in [0.29, 0.717) is 6.54 Å². The average Bonchev–Trinajstić information content (AvgIpc) is 2.42. The second-order valence-corrected chi connectivity index (χ2v) is 4.67. The first-order valence-electron chi connectivity index (χ1n) is 6.51. The average molecular weight is 287 g/mol. The van der Waals surface area contributed by atoms with Crippen LogP contribution in [0.2, 0.25) is 0 Å². The van der Waals surface area contributed by atoms with Crippen molar-refractivity contribution in [2.45, 2.75) is 31.7 Å². The summed E-state index contributed by atoms with van der Waals surface area (Å²) in [7, 11) is 0. The van der Waals surface area contributed by atoms with Crippen molar-refractivity contribution in [3.63, 3.8) is 0 Å². The van der Waals surface area contributed by atoms with Gasteiger partial charge < -0.3 is 10.6 Å². The van der Waals surface area contributed by atoms with Crippen LogP contribution >= 0.6 is 12.4 Å². The van der Waals surface area contributed by atoms with E-state index < -0.39 is 0 Å². The molecule has 2 rings (SSSR count). The molecule has 0 unspecified atom stereocenters. The van der Waals surface area contributed by atoms with Crippen molar-refractivity contribution in [3.8, 4) is 0 Å². The van der Waals surface area contributed by atoms with Gasteiger partial charge in [-0.3, -0.25) is 4.79 Å². The molecule has 1 aliphatic rings. The Balaban J connectivity index is 0.00000180. The second kappa shape index (κ2) is 8.12. The number of hydrogen-bond acceptors (Lipinski definition) is 2. The van der Waals surface area contributed by atoms with Crippen molar-refractivity contribution < 1.29 is 9.18 Å². The Morgan fingerprint density at radius 2 is 2.05 bits per heavy atom. The van der Waals surface area contributed by atoms with Gasteiger partial charge >= 0.3 is 0 Å². The fraction of sp³-hybridized carbons (Fsp3) is 0.500. The highest BCUT2D eigenvalue weighted by atomic mass is 35.5. The van der Waals surface area contributed by atoms with E-state index in [0.717, 1.165) is 37.8 Å². The molecule has 2 N–H and O–H groups in total. The van der Waals surface area contributed by atoms with Crippen LogP contribution in [0.15, 0.2) is 24.3 Å². The molecule has 0 radical (unpaired) electrons. The van der Waals surface area contributed by atoms with Crippen molar-refractivity contribution in [2.75, 3.05) is 13.1 Å². The molecule has 0 aliphatic carbocycles. The molecule has 0 spiro atoms.